The van der Waals surface area contributed by atoms with E-state index in [0.29, 0.717) is 19.5 Å². The van der Waals surface area contributed by atoms with Gasteiger partial charge in [0.1, 0.15) is 0 Å². The first-order valence-corrected chi connectivity index (χ1v) is 9.68. The first-order chi connectivity index (χ1) is 11.9. The molecular weight excluding hydrogens is 318 g/mol. The fourth-order valence-corrected chi connectivity index (χ4v) is 2.43. The first-order valence-electron chi connectivity index (χ1n) is 9.68. The monoisotopic (exact) mass is 355 g/mol. The lowest BCUT2D eigenvalue weighted by molar-refractivity contribution is -0.125. The highest BCUT2D eigenvalue weighted by molar-refractivity contribution is 5.78. The molecule has 3 amide bonds. The Kier molecular flexibility index (Phi) is 13.8. The van der Waals surface area contributed by atoms with Crippen LogP contribution in [0.15, 0.2) is 0 Å². The van der Waals surface area contributed by atoms with Gasteiger partial charge in [0.2, 0.25) is 17.7 Å². The Morgan fingerprint density at radius 1 is 0.880 bits per heavy atom. The molecule has 0 aromatic heterocycles. The average Bonchev–Trinajstić information content (AvgIpc) is 2.55. The maximum Gasteiger partial charge on any atom is 0.222 e. The van der Waals surface area contributed by atoms with Gasteiger partial charge < -0.3 is 16.0 Å². The zero-order chi connectivity index (χ0) is 19.1. The largest absolute Gasteiger partial charge is 0.356 e. The van der Waals surface area contributed by atoms with E-state index in [1.165, 1.54) is 6.92 Å². The third-order valence-electron chi connectivity index (χ3n) is 4.12. The minimum Gasteiger partial charge on any atom is -0.356 e. The van der Waals surface area contributed by atoms with Gasteiger partial charge in [0.05, 0.1) is 0 Å². The molecule has 1 atom stereocenters. The Morgan fingerprint density at radius 2 is 1.52 bits per heavy atom. The maximum absolute atomic E-state index is 11.7. The molecule has 0 rings (SSSR count). The van der Waals surface area contributed by atoms with Gasteiger partial charge in [-0.2, -0.15) is 0 Å². The molecular formula is C19H37N3O3. The van der Waals surface area contributed by atoms with Crippen molar-refractivity contribution < 1.29 is 14.4 Å². The Morgan fingerprint density at radius 3 is 2.12 bits per heavy atom. The number of carbonyl (C=O) groups excluding carboxylic acids is 3. The first kappa shape index (κ1) is 23.4. The molecule has 25 heavy (non-hydrogen) atoms. The molecule has 0 saturated heterocycles. The zero-order valence-electron chi connectivity index (χ0n) is 16.5. The minimum atomic E-state index is -0.00757. The van der Waals surface area contributed by atoms with Crippen molar-refractivity contribution >= 4 is 17.7 Å². The average molecular weight is 356 g/mol. The number of amides is 3. The molecule has 0 aromatic carbocycles. The molecule has 0 aliphatic heterocycles. The SMILES string of the molecule is CC[C@H](CCCCNC(=O)CCCCCNC(C)=O)NC(=O)C(C)C. The Bertz CT molecular complexity index is 397. The van der Waals surface area contributed by atoms with Crippen molar-refractivity contribution in [3.8, 4) is 0 Å². The van der Waals surface area contributed by atoms with Gasteiger partial charge in [0, 0.05) is 38.4 Å². The van der Waals surface area contributed by atoms with E-state index in [0.717, 1.165) is 44.9 Å². The predicted octanol–water partition coefficient (Wildman–Crippen LogP) is 2.52. The summed E-state index contributed by atoms with van der Waals surface area (Å²) < 4.78 is 0. The van der Waals surface area contributed by atoms with Crippen LogP contribution >= 0.6 is 0 Å². The van der Waals surface area contributed by atoms with Gasteiger partial charge in [-0.1, -0.05) is 27.2 Å². The summed E-state index contributed by atoms with van der Waals surface area (Å²) in [7, 11) is 0. The second-order valence-corrected chi connectivity index (χ2v) is 6.91. The van der Waals surface area contributed by atoms with Crippen molar-refractivity contribution in [3.05, 3.63) is 0 Å². The maximum atomic E-state index is 11.7. The van der Waals surface area contributed by atoms with Crippen LogP contribution in [-0.4, -0.2) is 36.9 Å². The van der Waals surface area contributed by atoms with E-state index < -0.39 is 0 Å². The van der Waals surface area contributed by atoms with Crippen LogP contribution in [0.25, 0.3) is 0 Å². The third-order valence-corrected chi connectivity index (χ3v) is 4.12. The molecule has 0 radical (unpaired) electrons. The zero-order valence-corrected chi connectivity index (χ0v) is 16.5. The Labute approximate surface area is 152 Å². The summed E-state index contributed by atoms with van der Waals surface area (Å²) in [6.45, 7) is 8.77. The summed E-state index contributed by atoms with van der Waals surface area (Å²) in [5.41, 5.74) is 0. The van der Waals surface area contributed by atoms with Crippen LogP contribution < -0.4 is 16.0 Å². The molecule has 6 nitrogen and oxygen atoms in total. The standard InChI is InChI=1S/C19H37N3O3/c1-5-17(22-19(25)15(2)3)11-8-10-14-21-18(24)12-7-6-9-13-20-16(4)23/h15,17H,5-14H2,1-4H3,(H,20,23)(H,21,24)(H,22,25)/t17-/m1/s1. The van der Waals surface area contributed by atoms with E-state index in [-0.39, 0.29) is 29.7 Å². The van der Waals surface area contributed by atoms with Crippen LogP contribution in [0.5, 0.6) is 0 Å². The normalized spacial score (nSPS) is 11.9. The Balaban J connectivity index is 3.58. The molecule has 0 fully saturated rings. The lowest BCUT2D eigenvalue weighted by atomic mass is 10.1. The number of nitrogens with one attached hydrogen (secondary N) is 3. The van der Waals surface area contributed by atoms with Crippen molar-refractivity contribution in [2.75, 3.05) is 13.1 Å². The molecule has 0 unspecified atom stereocenters. The van der Waals surface area contributed by atoms with Gasteiger partial charge in [-0.05, 0) is 38.5 Å². The lowest BCUT2D eigenvalue weighted by Gasteiger charge is -2.18. The molecule has 0 spiro atoms. The molecule has 0 aliphatic carbocycles. The molecule has 0 aromatic rings. The van der Waals surface area contributed by atoms with E-state index >= 15 is 0 Å². The number of carbonyl (C=O) groups is 3. The van der Waals surface area contributed by atoms with Crippen molar-refractivity contribution in [2.24, 2.45) is 5.92 Å². The van der Waals surface area contributed by atoms with Crippen molar-refractivity contribution in [1.82, 2.24) is 16.0 Å². The molecule has 0 aliphatic rings. The number of hydrogen-bond donors (Lipinski definition) is 3. The highest BCUT2D eigenvalue weighted by Crippen LogP contribution is 2.06. The fourth-order valence-electron chi connectivity index (χ4n) is 2.43. The van der Waals surface area contributed by atoms with Crippen molar-refractivity contribution in [2.45, 2.75) is 85.1 Å². The second-order valence-electron chi connectivity index (χ2n) is 6.91. The van der Waals surface area contributed by atoms with E-state index in [1.54, 1.807) is 0 Å². The van der Waals surface area contributed by atoms with Crippen LogP contribution in [0.1, 0.15) is 79.1 Å². The van der Waals surface area contributed by atoms with Gasteiger partial charge in [-0.3, -0.25) is 14.4 Å². The van der Waals surface area contributed by atoms with Crippen LogP contribution in [0.2, 0.25) is 0 Å². The van der Waals surface area contributed by atoms with Crippen molar-refractivity contribution in [3.63, 3.8) is 0 Å². The van der Waals surface area contributed by atoms with Gasteiger partial charge >= 0.3 is 0 Å². The van der Waals surface area contributed by atoms with Gasteiger partial charge in [0.15, 0.2) is 0 Å². The molecule has 3 N–H and O–H groups in total. The van der Waals surface area contributed by atoms with Crippen molar-refractivity contribution in [1.29, 1.82) is 0 Å². The third kappa shape index (κ3) is 14.5. The van der Waals surface area contributed by atoms with E-state index in [2.05, 4.69) is 22.9 Å². The lowest BCUT2D eigenvalue weighted by Crippen LogP contribution is -2.37. The van der Waals surface area contributed by atoms with Crippen LogP contribution in [0.4, 0.5) is 0 Å². The van der Waals surface area contributed by atoms with E-state index in [1.807, 2.05) is 13.8 Å². The van der Waals surface area contributed by atoms with Gasteiger partial charge in [0.25, 0.3) is 0 Å². The highest BCUT2D eigenvalue weighted by Gasteiger charge is 2.12. The summed E-state index contributed by atoms with van der Waals surface area (Å²) >= 11 is 0. The number of hydrogen-bond acceptors (Lipinski definition) is 3. The summed E-state index contributed by atoms with van der Waals surface area (Å²) in [6.07, 6.45) is 7.06. The summed E-state index contributed by atoms with van der Waals surface area (Å²) in [6, 6.07) is 0.231. The molecule has 6 heteroatoms. The smallest absolute Gasteiger partial charge is 0.222 e. The summed E-state index contributed by atoms with van der Waals surface area (Å²) in [5, 5.41) is 8.76. The molecule has 0 bridgehead atoms. The van der Waals surface area contributed by atoms with Crippen LogP contribution in [-0.2, 0) is 14.4 Å². The highest BCUT2D eigenvalue weighted by atomic mass is 16.2. The van der Waals surface area contributed by atoms with E-state index in [4.69, 9.17) is 0 Å². The summed E-state index contributed by atoms with van der Waals surface area (Å²) in [5.74, 6) is 0.219. The minimum absolute atomic E-state index is 0.00757. The van der Waals surface area contributed by atoms with E-state index in [9.17, 15) is 14.4 Å². The quantitative estimate of drug-likeness (QED) is 0.418. The predicted molar refractivity (Wildman–Crippen MR) is 101 cm³/mol. The molecule has 146 valence electrons. The Hall–Kier alpha value is -1.59. The van der Waals surface area contributed by atoms with Gasteiger partial charge in [-0.15, -0.1) is 0 Å². The topological polar surface area (TPSA) is 87.3 Å². The number of unbranched alkanes of at least 4 members (excludes halogenated alkanes) is 3. The van der Waals surface area contributed by atoms with Gasteiger partial charge in [-0.25, -0.2) is 0 Å². The summed E-state index contributed by atoms with van der Waals surface area (Å²) in [4.78, 5) is 34.1. The van der Waals surface area contributed by atoms with Crippen LogP contribution in [0, 0.1) is 5.92 Å². The molecule has 0 heterocycles. The number of rotatable bonds is 14. The van der Waals surface area contributed by atoms with Crippen LogP contribution in [0.3, 0.4) is 0 Å². The molecule has 0 saturated carbocycles. The fraction of sp³-hybridized carbons (Fsp3) is 0.842. The second kappa shape index (κ2) is 14.7.